The number of anilines is 1. The lowest BCUT2D eigenvalue weighted by atomic mass is 10.1. The van der Waals surface area contributed by atoms with Gasteiger partial charge in [-0.15, -0.1) is 0 Å². The molecule has 0 amide bonds. The third-order valence-electron chi connectivity index (χ3n) is 8.28. The van der Waals surface area contributed by atoms with Crippen LogP contribution >= 0.6 is 0 Å². The standard InChI is InChI=1S/C29H36N6O4S/c1-20-13-26(38-3)14-21(2)28(20)40(36,37)34-12-4-5-25(19-34)39-29-31-11-8-27(32-29)35-18-23-15-24(35)17-33(23)16-22-6-9-30-10-7-22/h6-11,13-14,23-25H,4-5,12,15-19H2,1-3H3. The van der Waals surface area contributed by atoms with E-state index in [0.29, 0.717) is 52.8 Å². The molecule has 3 atom stereocenters. The molecule has 3 fully saturated rings. The number of aryl methyl sites for hydroxylation is 2. The second-order valence-corrected chi connectivity index (χ2v) is 12.9. The van der Waals surface area contributed by atoms with Gasteiger partial charge in [0.2, 0.25) is 10.0 Å². The zero-order valence-corrected chi connectivity index (χ0v) is 24.0. The minimum atomic E-state index is -3.69. The van der Waals surface area contributed by atoms with Crippen LogP contribution < -0.4 is 14.4 Å². The fraction of sp³-hybridized carbons (Fsp3) is 0.483. The molecule has 0 N–H and O–H groups in total. The molecule has 10 nitrogen and oxygen atoms in total. The van der Waals surface area contributed by atoms with Crippen molar-refractivity contribution in [3.8, 4) is 11.8 Å². The van der Waals surface area contributed by atoms with E-state index in [1.54, 1.807) is 25.4 Å². The van der Waals surface area contributed by atoms with Crippen LogP contribution in [0.3, 0.4) is 0 Å². The Bertz CT molecular complexity index is 1450. The number of ether oxygens (including phenoxy) is 2. The minimum absolute atomic E-state index is 0.263. The van der Waals surface area contributed by atoms with Crippen molar-refractivity contribution in [2.24, 2.45) is 0 Å². The SMILES string of the molecule is COc1cc(C)c(S(=O)(=O)N2CCCC(Oc3nccc(N4CC5CC4CN5Cc4ccncc4)n3)C2)c(C)c1. The molecular formula is C29H36N6O4S. The minimum Gasteiger partial charge on any atom is -0.497 e. The first kappa shape index (κ1) is 26.9. The molecule has 2 bridgehead atoms. The summed E-state index contributed by atoms with van der Waals surface area (Å²) in [5.74, 6) is 1.52. The van der Waals surface area contributed by atoms with Crippen molar-refractivity contribution in [1.82, 2.24) is 24.2 Å². The van der Waals surface area contributed by atoms with Crippen molar-refractivity contribution >= 4 is 15.8 Å². The van der Waals surface area contributed by atoms with E-state index < -0.39 is 10.0 Å². The van der Waals surface area contributed by atoms with Gasteiger partial charge in [0.25, 0.3) is 0 Å². The fourth-order valence-electron chi connectivity index (χ4n) is 6.43. The summed E-state index contributed by atoms with van der Waals surface area (Å²) in [6.07, 6.45) is 7.69. The van der Waals surface area contributed by atoms with Gasteiger partial charge in [0.1, 0.15) is 17.7 Å². The number of fused-ring (bicyclic) bond motifs is 2. The number of piperidine rings is 1. The quantitative estimate of drug-likeness (QED) is 0.408. The molecule has 40 heavy (non-hydrogen) atoms. The fourth-order valence-corrected chi connectivity index (χ4v) is 8.35. The van der Waals surface area contributed by atoms with Crippen LogP contribution in [0, 0.1) is 13.8 Å². The Morgan fingerprint density at radius 3 is 2.48 bits per heavy atom. The highest BCUT2D eigenvalue weighted by molar-refractivity contribution is 7.89. The molecule has 2 aromatic heterocycles. The Morgan fingerprint density at radius 2 is 1.77 bits per heavy atom. The van der Waals surface area contributed by atoms with Gasteiger partial charge in [0.05, 0.1) is 18.6 Å². The summed E-state index contributed by atoms with van der Waals surface area (Å²) in [7, 11) is -2.11. The summed E-state index contributed by atoms with van der Waals surface area (Å²) in [6.45, 7) is 7.19. The Kier molecular flexibility index (Phi) is 7.37. The van der Waals surface area contributed by atoms with E-state index in [2.05, 4.69) is 31.9 Å². The van der Waals surface area contributed by atoms with E-state index in [-0.39, 0.29) is 12.6 Å². The predicted octanol–water partition coefficient (Wildman–Crippen LogP) is 3.19. The molecule has 11 heteroatoms. The third kappa shape index (κ3) is 5.25. The predicted molar refractivity (Wildman–Crippen MR) is 151 cm³/mol. The summed E-state index contributed by atoms with van der Waals surface area (Å²) in [5, 5.41) is 0. The average Bonchev–Trinajstić information content (AvgIpc) is 3.54. The second-order valence-electron chi connectivity index (χ2n) is 11.0. The zero-order valence-electron chi connectivity index (χ0n) is 23.2. The van der Waals surface area contributed by atoms with Gasteiger partial charge in [0.15, 0.2) is 0 Å². The van der Waals surface area contributed by atoms with Gasteiger partial charge in [0, 0.05) is 56.9 Å². The first-order valence-corrected chi connectivity index (χ1v) is 15.3. The molecule has 3 aliphatic heterocycles. The van der Waals surface area contributed by atoms with Crippen molar-refractivity contribution in [2.45, 2.75) is 62.7 Å². The van der Waals surface area contributed by atoms with Crippen molar-refractivity contribution < 1.29 is 17.9 Å². The third-order valence-corrected chi connectivity index (χ3v) is 10.5. The lowest BCUT2D eigenvalue weighted by Crippen LogP contribution is -2.46. The molecule has 0 aliphatic carbocycles. The monoisotopic (exact) mass is 564 g/mol. The van der Waals surface area contributed by atoms with Gasteiger partial charge in [-0.2, -0.15) is 9.29 Å². The molecule has 3 aliphatic rings. The summed E-state index contributed by atoms with van der Waals surface area (Å²) in [4.78, 5) is 18.5. The first-order valence-electron chi connectivity index (χ1n) is 13.9. The average molecular weight is 565 g/mol. The Labute approximate surface area is 236 Å². The maximum Gasteiger partial charge on any atom is 0.318 e. The number of rotatable bonds is 8. The number of pyridine rings is 1. The number of nitrogens with zero attached hydrogens (tertiary/aromatic N) is 6. The van der Waals surface area contributed by atoms with Gasteiger partial charge < -0.3 is 14.4 Å². The Hall–Kier alpha value is -3.28. The first-order chi connectivity index (χ1) is 19.3. The van der Waals surface area contributed by atoms with Crippen LogP contribution in [0.5, 0.6) is 11.8 Å². The highest BCUT2D eigenvalue weighted by Crippen LogP contribution is 2.35. The number of likely N-dealkylation sites (tertiary alicyclic amines) is 1. The molecule has 5 heterocycles. The number of hydrogen-bond acceptors (Lipinski definition) is 9. The second kappa shape index (κ2) is 10.9. The maximum atomic E-state index is 13.7. The molecule has 1 aromatic carbocycles. The van der Waals surface area contributed by atoms with Crippen LogP contribution in [0.2, 0.25) is 0 Å². The number of sulfonamides is 1. The number of benzene rings is 1. The van der Waals surface area contributed by atoms with E-state index in [1.807, 2.05) is 32.3 Å². The lowest BCUT2D eigenvalue weighted by molar-refractivity contribution is 0.119. The number of hydrogen-bond donors (Lipinski definition) is 0. The molecule has 6 rings (SSSR count). The van der Waals surface area contributed by atoms with E-state index in [0.717, 1.165) is 38.3 Å². The number of methoxy groups -OCH3 is 1. The topological polar surface area (TPSA) is 101 Å². The van der Waals surface area contributed by atoms with Crippen LogP contribution in [-0.2, 0) is 16.6 Å². The maximum absolute atomic E-state index is 13.7. The molecule has 3 aromatic rings. The van der Waals surface area contributed by atoms with E-state index in [9.17, 15) is 8.42 Å². The van der Waals surface area contributed by atoms with Crippen LogP contribution in [0.15, 0.2) is 53.8 Å². The molecular weight excluding hydrogens is 528 g/mol. The highest BCUT2D eigenvalue weighted by atomic mass is 32.2. The highest BCUT2D eigenvalue weighted by Gasteiger charge is 2.43. The molecule has 3 unspecified atom stereocenters. The van der Waals surface area contributed by atoms with E-state index in [1.165, 1.54) is 9.87 Å². The molecule has 212 valence electrons. The summed E-state index contributed by atoms with van der Waals surface area (Å²) >= 11 is 0. The van der Waals surface area contributed by atoms with Crippen molar-refractivity contribution in [3.05, 3.63) is 65.6 Å². The Morgan fingerprint density at radius 1 is 1.00 bits per heavy atom. The summed E-state index contributed by atoms with van der Waals surface area (Å²) in [6, 6.07) is 10.8. The molecule has 3 saturated heterocycles. The van der Waals surface area contributed by atoms with Gasteiger partial charge in [-0.1, -0.05) is 0 Å². The smallest absolute Gasteiger partial charge is 0.318 e. The van der Waals surface area contributed by atoms with Crippen molar-refractivity contribution in [2.75, 3.05) is 38.2 Å². The van der Waals surface area contributed by atoms with E-state index >= 15 is 0 Å². The molecule has 0 radical (unpaired) electrons. The number of aromatic nitrogens is 3. The van der Waals surface area contributed by atoms with Gasteiger partial charge in [-0.05, 0) is 80.1 Å². The molecule has 0 spiro atoms. The summed E-state index contributed by atoms with van der Waals surface area (Å²) in [5.41, 5.74) is 2.64. The van der Waals surface area contributed by atoms with Crippen LogP contribution in [0.4, 0.5) is 5.82 Å². The molecule has 0 saturated carbocycles. The summed E-state index contributed by atoms with van der Waals surface area (Å²) < 4.78 is 40.4. The van der Waals surface area contributed by atoms with Crippen LogP contribution in [0.25, 0.3) is 0 Å². The van der Waals surface area contributed by atoms with Gasteiger partial charge >= 0.3 is 6.01 Å². The zero-order chi connectivity index (χ0) is 27.9. The lowest BCUT2D eigenvalue weighted by Gasteiger charge is -2.35. The van der Waals surface area contributed by atoms with Crippen molar-refractivity contribution in [3.63, 3.8) is 0 Å². The van der Waals surface area contributed by atoms with Crippen molar-refractivity contribution in [1.29, 1.82) is 0 Å². The van der Waals surface area contributed by atoms with E-state index in [4.69, 9.17) is 14.5 Å². The van der Waals surface area contributed by atoms with Crippen LogP contribution in [-0.4, -0.2) is 84.1 Å². The van der Waals surface area contributed by atoms with Crippen LogP contribution in [0.1, 0.15) is 36.0 Å². The van der Waals surface area contributed by atoms with Gasteiger partial charge in [-0.3, -0.25) is 9.88 Å². The number of piperazine rings is 1. The largest absolute Gasteiger partial charge is 0.497 e. The normalized spacial score (nSPS) is 23.5. The Balaban J connectivity index is 1.11. The van der Waals surface area contributed by atoms with Gasteiger partial charge in [-0.25, -0.2) is 13.4 Å².